The summed E-state index contributed by atoms with van der Waals surface area (Å²) in [6.07, 6.45) is 1.77. The van der Waals surface area contributed by atoms with E-state index >= 15 is 0 Å². The van der Waals surface area contributed by atoms with Crippen LogP contribution in [0.2, 0.25) is 0 Å². The van der Waals surface area contributed by atoms with Crippen LogP contribution in [0.15, 0.2) is 22.7 Å². The van der Waals surface area contributed by atoms with Crippen LogP contribution in [0.5, 0.6) is 0 Å². The molecule has 3 rings (SSSR count). The summed E-state index contributed by atoms with van der Waals surface area (Å²) in [6, 6.07) is 5.62. The second-order valence-corrected chi connectivity index (χ2v) is 7.97. The molecule has 26 heavy (non-hydrogen) atoms. The summed E-state index contributed by atoms with van der Waals surface area (Å²) in [7, 11) is 0. The molecule has 1 aliphatic heterocycles. The molecule has 0 spiro atoms. The Bertz CT molecular complexity index is 939. The Labute approximate surface area is 160 Å². The molecule has 3 N–H and O–H groups in total. The minimum Gasteiger partial charge on any atom is -0.478 e. The second kappa shape index (κ2) is 6.76. The van der Waals surface area contributed by atoms with Crippen LogP contribution in [-0.4, -0.2) is 22.0 Å². The van der Waals surface area contributed by atoms with Gasteiger partial charge in [-0.1, -0.05) is 49.7 Å². The SMILES string of the molecule is CC(C)c1[nH]c(C=C2C(=O)Nc3cc(Br)ccc32)c(C(C)C)c1C(=O)O. The highest BCUT2D eigenvalue weighted by Crippen LogP contribution is 2.37. The lowest BCUT2D eigenvalue weighted by Gasteiger charge is -2.08. The number of nitrogens with one attached hydrogen (secondary N) is 2. The molecule has 1 aromatic carbocycles. The Balaban J connectivity index is 2.22. The highest BCUT2D eigenvalue weighted by atomic mass is 79.9. The highest BCUT2D eigenvalue weighted by Gasteiger charge is 2.28. The Morgan fingerprint density at radius 2 is 1.88 bits per heavy atom. The lowest BCUT2D eigenvalue weighted by atomic mass is 9.94. The zero-order valence-electron chi connectivity index (χ0n) is 15.1. The van der Waals surface area contributed by atoms with E-state index in [4.69, 9.17) is 0 Å². The molecule has 5 nitrogen and oxygen atoms in total. The third-order valence-corrected chi connectivity index (χ3v) is 5.01. The zero-order chi connectivity index (χ0) is 19.2. The summed E-state index contributed by atoms with van der Waals surface area (Å²) >= 11 is 3.40. The predicted molar refractivity (Wildman–Crippen MR) is 107 cm³/mol. The van der Waals surface area contributed by atoms with E-state index in [1.54, 1.807) is 6.08 Å². The molecule has 0 fully saturated rings. The molecule has 1 aliphatic rings. The van der Waals surface area contributed by atoms with Gasteiger partial charge in [0, 0.05) is 21.4 Å². The van der Waals surface area contributed by atoms with E-state index in [1.807, 2.05) is 45.9 Å². The van der Waals surface area contributed by atoms with Gasteiger partial charge in [0.05, 0.1) is 16.8 Å². The van der Waals surface area contributed by atoms with Gasteiger partial charge in [0.2, 0.25) is 0 Å². The van der Waals surface area contributed by atoms with E-state index in [-0.39, 0.29) is 17.7 Å². The maximum atomic E-state index is 12.5. The van der Waals surface area contributed by atoms with Crippen LogP contribution >= 0.6 is 15.9 Å². The zero-order valence-corrected chi connectivity index (χ0v) is 16.7. The maximum absolute atomic E-state index is 12.5. The Kier molecular flexibility index (Phi) is 4.80. The first-order valence-corrected chi connectivity index (χ1v) is 9.32. The number of aromatic nitrogens is 1. The molecule has 0 saturated heterocycles. The molecule has 6 heteroatoms. The van der Waals surface area contributed by atoms with Crippen molar-refractivity contribution in [3.63, 3.8) is 0 Å². The number of carbonyl (C=O) groups is 2. The first kappa shape index (κ1) is 18.5. The van der Waals surface area contributed by atoms with Gasteiger partial charge in [-0.2, -0.15) is 0 Å². The van der Waals surface area contributed by atoms with Crippen LogP contribution in [0.4, 0.5) is 5.69 Å². The molecule has 1 amide bonds. The molecular weight excluding hydrogens is 396 g/mol. The smallest absolute Gasteiger partial charge is 0.337 e. The van der Waals surface area contributed by atoms with E-state index in [0.717, 1.165) is 21.3 Å². The van der Waals surface area contributed by atoms with Crippen LogP contribution in [-0.2, 0) is 4.79 Å². The normalized spacial score (nSPS) is 15.0. The minimum absolute atomic E-state index is 0.00514. The number of hydrogen-bond donors (Lipinski definition) is 3. The summed E-state index contributed by atoms with van der Waals surface area (Å²) in [5.41, 5.74) is 4.50. The van der Waals surface area contributed by atoms with E-state index in [1.165, 1.54) is 0 Å². The van der Waals surface area contributed by atoms with E-state index in [0.29, 0.717) is 22.5 Å². The van der Waals surface area contributed by atoms with Crippen LogP contribution in [0, 0.1) is 0 Å². The van der Waals surface area contributed by atoms with Crippen molar-refractivity contribution in [3.05, 3.63) is 50.8 Å². The number of fused-ring (bicyclic) bond motifs is 1. The number of carboxylic acids is 1. The van der Waals surface area contributed by atoms with Crippen molar-refractivity contribution in [3.8, 4) is 0 Å². The third-order valence-electron chi connectivity index (χ3n) is 4.52. The number of carbonyl (C=O) groups excluding carboxylic acids is 1. The lowest BCUT2D eigenvalue weighted by molar-refractivity contribution is -0.110. The van der Waals surface area contributed by atoms with E-state index in [2.05, 4.69) is 26.2 Å². The number of benzene rings is 1. The van der Waals surface area contributed by atoms with Crippen LogP contribution < -0.4 is 5.32 Å². The molecular formula is C20H21BrN2O3. The fourth-order valence-corrected chi connectivity index (χ4v) is 3.75. The van der Waals surface area contributed by atoms with Crippen LogP contribution in [0.1, 0.15) is 72.4 Å². The van der Waals surface area contributed by atoms with Crippen molar-refractivity contribution >= 4 is 45.1 Å². The van der Waals surface area contributed by atoms with Crippen molar-refractivity contribution in [2.45, 2.75) is 39.5 Å². The van der Waals surface area contributed by atoms with Gasteiger partial charge in [-0.25, -0.2) is 4.79 Å². The summed E-state index contributed by atoms with van der Waals surface area (Å²) in [4.78, 5) is 27.6. The van der Waals surface area contributed by atoms with Gasteiger partial charge < -0.3 is 15.4 Å². The Morgan fingerprint density at radius 1 is 1.19 bits per heavy atom. The molecule has 0 saturated carbocycles. The average molecular weight is 417 g/mol. The molecule has 0 aliphatic carbocycles. The van der Waals surface area contributed by atoms with Crippen molar-refractivity contribution in [2.24, 2.45) is 0 Å². The summed E-state index contributed by atoms with van der Waals surface area (Å²) < 4.78 is 0.885. The number of amides is 1. The highest BCUT2D eigenvalue weighted by molar-refractivity contribution is 9.10. The largest absolute Gasteiger partial charge is 0.478 e. The summed E-state index contributed by atoms with van der Waals surface area (Å²) in [5, 5.41) is 12.6. The number of carboxylic acid groups (broad SMARTS) is 1. The lowest BCUT2D eigenvalue weighted by Crippen LogP contribution is -2.06. The number of hydrogen-bond acceptors (Lipinski definition) is 2. The van der Waals surface area contributed by atoms with Gasteiger partial charge >= 0.3 is 5.97 Å². The number of halogens is 1. The fraction of sp³-hybridized carbons (Fsp3) is 0.300. The molecule has 0 radical (unpaired) electrons. The van der Waals surface area contributed by atoms with Crippen LogP contribution in [0.25, 0.3) is 11.6 Å². The Hall–Kier alpha value is -2.34. The average Bonchev–Trinajstić information content (AvgIpc) is 3.06. The summed E-state index contributed by atoms with van der Waals surface area (Å²) in [6.45, 7) is 7.83. The number of H-pyrrole nitrogens is 1. The molecule has 0 atom stereocenters. The third kappa shape index (κ3) is 3.09. The molecule has 2 heterocycles. The van der Waals surface area contributed by atoms with Crippen molar-refractivity contribution in [1.29, 1.82) is 0 Å². The van der Waals surface area contributed by atoms with E-state index in [9.17, 15) is 14.7 Å². The molecule has 0 bridgehead atoms. The van der Waals surface area contributed by atoms with Gasteiger partial charge in [-0.05, 0) is 35.6 Å². The minimum atomic E-state index is -0.946. The standard InChI is InChI=1S/C20H21BrN2O3/c1-9(2)16-15(22-18(10(3)4)17(16)20(25)26)8-13-12-6-5-11(21)7-14(12)23-19(13)24/h5-10,22H,1-4H3,(H,23,24)(H,25,26). The number of aromatic amines is 1. The first-order valence-electron chi connectivity index (χ1n) is 8.52. The van der Waals surface area contributed by atoms with Crippen LogP contribution in [0.3, 0.4) is 0 Å². The van der Waals surface area contributed by atoms with Gasteiger partial charge in [-0.15, -0.1) is 0 Å². The predicted octanol–water partition coefficient (Wildman–Crippen LogP) is 5.21. The quantitative estimate of drug-likeness (QED) is 0.597. The van der Waals surface area contributed by atoms with Gasteiger partial charge in [0.15, 0.2) is 0 Å². The van der Waals surface area contributed by atoms with Gasteiger partial charge in [-0.3, -0.25) is 4.79 Å². The number of rotatable bonds is 4. The fourth-order valence-electron chi connectivity index (χ4n) is 3.39. The van der Waals surface area contributed by atoms with Crippen molar-refractivity contribution in [2.75, 3.05) is 5.32 Å². The topological polar surface area (TPSA) is 82.2 Å². The molecule has 2 aromatic rings. The maximum Gasteiger partial charge on any atom is 0.337 e. The van der Waals surface area contributed by atoms with Crippen molar-refractivity contribution in [1.82, 2.24) is 4.98 Å². The molecule has 136 valence electrons. The first-order chi connectivity index (χ1) is 12.2. The van der Waals surface area contributed by atoms with Gasteiger partial charge in [0.25, 0.3) is 5.91 Å². The van der Waals surface area contributed by atoms with Gasteiger partial charge in [0.1, 0.15) is 0 Å². The number of aromatic carboxylic acids is 1. The van der Waals surface area contributed by atoms with Crippen molar-refractivity contribution < 1.29 is 14.7 Å². The molecule has 0 unspecified atom stereocenters. The Morgan fingerprint density at radius 3 is 2.46 bits per heavy atom. The molecule has 1 aromatic heterocycles. The van der Waals surface area contributed by atoms with E-state index < -0.39 is 5.97 Å². The summed E-state index contributed by atoms with van der Waals surface area (Å²) in [5.74, 6) is -1.10. The second-order valence-electron chi connectivity index (χ2n) is 7.06. The number of anilines is 1. The monoisotopic (exact) mass is 416 g/mol.